The van der Waals surface area contributed by atoms with Crippen molar-refractivity contribution < 1.29 is 9.47 Å². The van der Waals surface area contributed by atoms with Crippen LogP contribution in [-0.2, 0) is 13.2 Å². The van der Waals surface area contributed by atoms with Gasteiger partial charge in [0, 0.05) is 5.54 Å². The zero-order chi connectivity index (χ0) is 15.3. The Morgan fingerprint density at radius 2 is 1.86 bits per heavy atom. The van der Waals surface area contributed by atoms with Crippen LogP contribution in [0.15, 0.2) is 24.3 Å². The number of aromatic nitrogens is 2. The Morgan fingerprint density at radius 1 is 1.14 bits per heavy atom. The lowest BCUT2D eigenvalue weighted by atomic mass is 10.1. The Morgan fingerprint density at radius 3 is 2.48 bits per heavy atom. The second-order valence-corrected chi connectivity index (χ2v) is 6.73. The molecule has 0 amide bonds. The van der Waals surface area contributed by atoms with Crippen LogP contribution in [0, 0.1) is 0 Å². The van der Waals surface area contributed by atoms with Crippen molar-refractivity contribution in [2.45, 2.75) is 39.5 Å². The van der Waals surface area contributed by atoms with Crippen molar-refractivity contribution >= 4 is 11.3 Å². The van der Waals surface area contributed by atoms with Gasteiger partial charge in [-0.2, -0.15) is 0 Å². The molecule has 21 heavy (non-hydrogen) atoms. The molecule has 2 aromatic rings. The fraction of sp³-hybridized carbons (Fsp3) is 0.467. The third-order valence-electron chi connectivity index (χ3n) is 2.74. The van der Waals surface area contributed by atoms with E-state index in [-0.39, 0.29) is 5.54 Å². The maximum absolute atomic E-state index is 5.65. The number of benzene rings is 1. The summed E-state index contributed by atoms with van der Waals surface area (Å²) < 4.78 is 10.8. The highest BCUT2D eigenvalue weighted by Crippen LogP contribution is 2.20. The van der Waals surface area contributed by atoms with E-state index in [2.05, 4.69) is 36.3 Å². The molecule has 0 radical (unpaired) electrons. The molecule has 5 nitrogen and oxygen atoms in total. The van der Waals surface area contributed by atoms with Gasteiger partial charge in [-0.15, -0.1) is 5.10 Å². The number of nitrogens with zero attached hydrogens (tertiary/aromatic N) is 2. The molecular weight excluding hydrogens is 286 g/mol. The average Bonchev–Trinajstić information content (AvgIpc) is 2.91. The number of methoxy groups -OCH3 is 1. The van der Waals surface area contributed by atoms with Crippen LogP contribution in [0.3, 0.4) is 0 Å². The molecule has 0 saturated heterocycles. The molecule has 0 atom stereocenters. The maximum atomic E-state index is 5.65. The largest absolute Gasteiger partial charge is 0.497 e. The lowest BCUT2D eigenvalue weighted by Crippen LogP contribution is -2.35. The first kappa shape index (κ1) is 15.7. The highest BCUT2D eigenvalue weighted by molar-refractivity contribution is 7.13. The first-order valence-electron chi connectivity index (χ1n) is 6.79. The minimum atomic E-state index is 0.0653. The Balaban J connectivity index is 1.84. The Hall–Kier alpha value is -1.66. The maximum Gasteiger partial charge on any atom is 0.294 e. The lowest BCUT2D eigenvalue weighted by Gasteiger charge is -2.19. The first-order valence-corrected chi connectivity index (χ1v) is 7.61. The van der Waals surface area contributed by atoms with Gasteiger partial charge in [0.1, 0.15) is 17.4 Å². The van der Waals surface area contributed by atoms with Gasteiger partial charge in [0.15, 0.2) is 0 Å². The van der Waals surface area contributed by atoms with Gasteiger partial charge in [-0.3, -0.25) is 0 Å². The normalized spacial score (nSPS) is 11.4. The number of hydrogen-bond acceptors (Lipinski definition) is 6. The van der Waals surface area contributed by atoms with Crippen molar-refractivity contribution in [3.63, 3.8) is 0 Å². The number of hydrogen-bond donors (Lipinski definition) is 1. The molecule has 0 unspecified atom stereocenters. The molecule has 114 valence electrons. The van der Waals surface area contributed by atoms with Gasteiger partial charge in [0.25, 0.3) is 5.19 Å². The van der Waals surface area contributed by atoms with Crippen molar-refractivity contribution in [1.29, 1.82) is 0 Å². The van der Waals surface area contributed by atoms with Crippen LogP contribution in [0.25, 0.3) is 0 Å². The van der Waals surface area contributed by atoms with Crippen LogP contribution in [0.1, 0.15) is 31.3 Å². The van der Waals surface area contributed by atoms with E-state index in [1.165, 1.54) is 11.3 Å². The zero-order valence-electron chi connectivity index (χ0n) is 12.8. The fourth-order valence-electron chi connectivity index (χ4n) is 1.58. The van der Waals surface area contributed by atoms with E-state index in [1.807, 2.05) is 24.3 Å². The summed E-state index contributed by atoms with van der Waals surface area (Å²) in [6.45, 7) is 7.54. The standard InChI is InChI=1S/C15H21N3O2S/c1-15(2,3)16-9-13-17-18-14(21-13)20-10-11-5-7-12(19-4)8-6-11/h5-8,16H,9-10H2,1-4H3. The minimum absolute atomic E-state index is 0.0653. The average molecular weight is 307 g/mol. The highest BCUT2D eigenvalue weighted by atomic mass is 32.1. The number of ether oxygens (including phenoxy) is 2. The smallest absolute Gasteiger partial charge is 0.294 e. The van der Waals surface area contributed by atoms with Gasteiger partial charge in [0.2, 0.25) is 0 Å². The second-order valence-electron chi connectivity index (χ2n) is 5.70. The summed E-state index contributed by atoms with van der Waals surface area (Å²) in [5, 5.41) is 13.1. The van der Waals surface area contributed by atoms with Crippen molar-refractivity contribution in [3.8, 4) is 10.9 Å². The summed E-state index contributed by atoms with van der Waals surface area (Å²) in [5.74, 6) is 0.838. The van der Waals surface area contributed by atoms with Gasteiger partial charge >= 0.3 is 0 Å². The third kappa shape index (κ3) is 5.32. The van der Waals surface area contributed by atoms with Gasteiger partial charge in [-0.05, 0) is 38.5 Å². The van der Waals surface area contributed by atoms with E-state index in [0.717, 1.165) is 16.3 Å². The van der Waals surface area contributed by atoms with E-state index >= 15 is 0 Å². The van der Waals surface area contributed by atoms with Crippen molar-refractivity contribution in [1.82, 2.24) is 15.5 Å². The molecule has 1 aromatic heterocycles. The van der Waals surface area contributed by atoms with Crippen LogP contribution >= 0.6 is 11.3 Å². The molecule has 0 saturated carbocycles. The molecular formula is C15H21N3O2S. The lowest BCUT2D eigenvalue weighted by molar-refractivity contribution is 0.301. The molecule has 0 spiro atoms. The molecule has 0 aliphatic heterocycles. The monoisotopic (exact) mass is 307 g/mol. The predicted octanol–water partition coefficient (Wildman–Crippen LogP) is 3.01. The fourth-order valence-corrected chi connectivity index (χ4v) is 2.20. The predicted molar refractivity (Wildman–Crippen MR) is 83.8 cm³/mol. The van der Waals surface area contributed by atoms with Crippen molar-refractivity contribution in [3.05, 3.63) is 34.8 Å². The van der Waals surface area contributed by atoms with E-state index in [0.29, 0.717) is 18.3 Å². The molecule has 0 aliphatic carbocycles. The number of rotatable bonds is 6. The topological polar surface area (TPSA) is 56.3 Å². The Bertz CT molecular complexity index is 561. The second kappa shape index (κ2) is 6.87. The third-order valence-corrected chi connectivity index (χ3v) is 3.58. The minimum Gasteiger partial charge on any atom is -0.497 e. The van der Waals surface area contributed by atoms with Crippen LogP contribution in [0.2, 0.25) is 0 Å². The van der Waals surface area contributed by atoms with Gasteiger partial charge < -0.3 is 14.8 Å². The molecule has 2 rings (SSSR count). The molecule has 1 heterocycles. The van der Waals surface area contributed by atoms with Crippen LogP contribution in [-0.4, -0.2) is 22.8 Å². The van der Waals surface area contributed by atoms with Gasteiger partial charge in [-0.1, -0.05) is 28.6 Å². The molecule has 0 aliphatic rings. The first-order chi connectivity index (χ1) is 9.96. The summed E-state index contributed by atoms with van der Waals surface area (Å²) in [7, 11) is 1.65. The molecule has 6 heteroatoms. The van der Waals surface area contributed by atoms with Gasteiger partial charge in [0.05, 0.1) is 13.7 Å². The summed E-state index contributed by atoms with van der Waals surface area (Å²) in [5.41, 5.74) is 1.14. The van der Waals surface area contributed by atoms with Crippen molar-refractivity contribution in [2.75, 3.05) is 7.11 Å². The van der Waals surface area contributed by atoms with Crippen molar-refractivity contribution in [2.24, 2.45) is 0 Å². The van der Waals surface area contributed by atoms with Crippen LogP contribution in [0.4, 0.5) is 0 Å². The summed E-state index contributed by atoms with van der Waals surface area (Å²) >= 11 is 1.47. The quantitative estimate of drug-likeness (QED) is 0.889. The summed E-state index contributed by atoms with van der Waals surface area (Å²) in [4.78, 5) is 0. The van der Waals surface area contributed by atoms with Crippen LogP contribution < -0.4 is 14.8 Å². The van der Waals surface area contributed by atoms with Crippen LogP contribution in [0.5, 0.6) is 10.9 Å². The number of nitrogens with one attached hydrogen (secondary N) is 1. The molecule has 1 N–H and O–H groups in total. The van der Waals surface area contributed by atoms with E-state index in [4.69, 9.17) is 9.47 Å². The van der Waals surface area contributed by atoms with E-state index in [9.17, 15) is 0 Å². The Kier molecular flexibility index (Phi) is 5.14. The summed E-state index contributed by atoms with van der Waals surface area (Å²) in [6.07, 6.45) is 0. The Labute approximate surface area is 129 Å². The van der Waals surface area contributed by atoms with Gasteiger partial charge in [-0.25, -0.2) is 0 Å². The van der Waals surface area contributed by atoms with E-state index in [1.54, 1.807) is 7.11 Å². The molecule has 0 bridgehead atoms. The van der Waals surface area contributed by atoms with E-state index < -0.39 is 0 Å². The molecule has 1 aromatic carbocycles. The zero-order valence-corrected chi connectivity index (χ0v) is 13.7. The highest BCUT2D eigenvalue weighted by Gasteiger charge is 2.11. The summed E-state index contributed by atoms with van der Waals surface area (Å²) in [6, 6.07) is 7.78. The molecule has 0 fully saturated rings. The SMILES string of the molecule is COc1ccc(COc2nnc(CNC(C)(C)C)s2)cc1.